The zero-order valence-electron chi connectivity index (χ0n) is 11.4. The zero-order valence-corrected chi connectivity index (χ0v) is 12.2. The maximum Gasteiger partial charge on any atom is 0.573 e. The fraction of sp³-hybridized carbons (Fsp3) is 0.538. The van der Waals surface area contributed by atoms with Crippen molar-refractivity contribution in [3.05, 3.63) is 29.8 Å². The van der Waals surface area contributed by atoms with Crippen molar-refractivity contribution in [3.8, 4) is 5.75 Å². The Hall–Kier alpha value is -0.920. The van der Waals surface area contributed by atoms with Crippen molar-refractivity contribution in [1.29, 1.82) is 0 Å². The molecule has 0 saturated carbocycles. The molecule has 0 radical (unpaired) electrons. The average molecular weight is 308 g/mol. The van der Waals surface area contributed by atoms with Gasteiger partial charge in [0.05, 0.1) is 6.04 Å². The van der Waals surface area contributed by atoms with Crippen LogP contribution in [-0.2, 0) is 0 Å². The molecule has 0 saturated heterocycles. The molecule has 3 nitrogen and oxygen atoms in total. The maximum absolute atomic E-state index is 12.4. The van der Waals surface area contributed by atoms with E-state index in [-0.39, 0.29) is 5.75 Å². The van der Waals surface area contributed by atoms with Gasteiger partial charge in [0.15, 0.2) is 0 Å². The monoisotopic (exact) mass is 308 g/mol. The molecule has 0 fully saturated rings. The van der Waals surface area contributed by atoms with Gasteiger partial charge in [-0.25, -0.2) is 0 Å². The first kappa shape index (κ1) is 17.1. The Morgan fingerprint density at radius 3 is 2.45 bits per heavy atom. The lowest BCUT2D eigenvalue weighted by Crippen LogP contribution is -2.31. The molecule has 114 valence electrons. The van der Waals surface area contributed by atoms with Crippen molar-refractivity contribution < 1.29 is 17.9 Å². The number of benzene rings is 1. The SMILES string of the molecule is CC(C)CSCC(NN)c1ccccc1OC(F)(F)F. The number of hydrogen-bond donors (Lipinski definition) is 2. The Morgan fingerprint density at radius 1 is 1.25 bits per heavy atom. The largest absolute Gasteiger partial charge is 0.573 e. The highest BCUT2D eigenvalue weighted by Crippen LogP contribution is 2.31. The molecule has 0 aliphatic rings. The highest BCUT2D eigenvalue weighted by atomic mass is 32.2. The molecule has 1 rings (SSSR count). The second-order valence-corrected chi connectivity index (χ2v) is 5.81. The van der Waals surface area contributed by atoms with Crippen molar-refractivity contribution in [2.45, 2.75) is 26.3 Å². The lowest BCUT2D eigenvalue weighted by atomic mass is 10.1. The van der Waals surface area contributed by atoms with Crippen molar-refractivity contribution in [2.24, 2.45) is 11.8 Å². The molecule has 0 bridgehead atoms. The van der Waals surface area contributed by atoms with Gasteiger partial charge >= 0.3 is 6.36 Å². The number of halogens is 3. The van der Waals surface area contributed by atoms with E-state index < -0.39 is 12.4 Å². The Kier molecular flexibility index (Phi) is 6.64. The smallest absolute Gasteiger partial charge is 0.405 e. The predicted octanol–water partition coefficient (Wildman–Crippen LogP) is 3.48. The number of rotatable bonds is 7. The standard InChI is InChI=1S/C13H19F3N2OS/c1-9(2)7-20-8-11(18-17)10-5-3-4-6-12(10)19-13(14,15)16/h3-6,9,11,18H,7-8,17H2,1-2H3. The van der Waals surface area contributed by atoms with Gasteiger partial charge in [-0.3, -0.25) is 11.3 Å². The molecule has 0 aromatic heterocycles. The van der Waals surface area contributed by atoms with Gasteiger partial charge in [0.2, 0.25) is 0 Å². The Morgan fingerprint density at radius 2 is 1.90 bits per heavy atom. The molecule has 3 N–H and O–H groups in total. The molecule has 0 spiro atoms. The van der Waals surface area contributed by atoms with E-state index in [1.54, 1.807) is 23.9 Å². The second-order valence-electron chi connectivity index (χ2n) is 4.74. The molecule has 0 amide bonds. The van der Waals surface area contributed by atoms with Crippen LogP contribution in [0.25, 0.3) is 0 Å². The van der Waals surface area contributed by atoms with Crippen LogP contribution in [0.5, 0.6) is 5.75 Å². The molecule has 0 aliphatic heterocycles. The number of thioether (sulfide) groups is 1. The molecule has 1 aromatic rings. The van der Waals surface area contributed by atoms with Gasteiger partial charge < -0.3 is 4.74 Å². The summed E-state index contributed by atoms with van der Waals surface area (Å²) in [6, 6.07) is 5.65. The molecule has 1 unspecified atom stereocenters. The van der Waals surface area contributed by atoms with Gasteiger partial charge in [-0.15, -0.1) is 13.2 Å². The molecular weight excluding hydrogens is 289 g/mol. The van der Waals surface area contributed by atoms with Gasteiger partial charge in [0, 0.05) is 11.3 Å². The van der Waals surface area contributed by atoms with Crippen LogP contribution in [0.15, 0.2) is 24.3 Å². The number of nitrogens with one attached hydrogen (secondary N) is 1. The summed E-state index contributed by atoms with van der Waals surface area (Å²) in [7, 11) is 0. The van der Waals surface area contributed by atoms with Gasteiger partial charge in [0.25, 0.3) is 0 Å². The number of nitrogens with two attached hydrogens (primary N) is 1. The van der Waals surface area contributed by atoms with E-state index in [0.29, 0.717) is 17.2 Å². The third kappa shape index (κ3) is 6.02. The van der Waals surface area contributed by atoms with Crippen LogP contribution in [0.1, 0.15) is 25.5 Å². The van der Waals surface area contributed by atoms with Crippen LogP contribution in [0.2, 0.25) is 0 Å². The third-order valence-electron chi connectivity index (χ3n) is 2.46. The summed E-state index contributed by atoms with van der Waals surface area (Å²) < 4.78 is 41.1. The summed E-state index contributed by atoms with van der Waals surface area (Å²) in [4.78, 5) is 0. The van der Waals surface area contributed by atoms with E-state index in [4.69, 9.17) is 5.84 Å². The van der Waals surface area contributed by atoms with E-state index >= 15 is 0 Å². The predicted molar refractivity (Wildman–Crippen MR) is 75.4 cm³/mol. The summed E-state index contributed by atoms with van der Waals surface area (Å²) in [5, 5.41) is 0. The topological polar surface area (TPSA) is 47.3 Å². The molecule has 1 aromatic carbocycles. The Labute approximate surface area is 121 Å². The minimum absolute atomic E-state index is 0.215. The van der Waals surface area contributed by atoms with Crippen LogP contribution < -0.4 is 16.0 Å². The van der Waals surface area contributed by atoms with Gasteiger partial charge in [-0.2, -0.15) is 11.8 Å². The van der Waals surface area contributed by atoms with Crippen molar-refractivity contribution in [3.63, 3.8) is 0 Å². The molecule has 0 aliphatic carbocycles. The lowest BCUT2D eigenvalue weighted by Gasteiger charge is -2.20. The fourth-order valence-electron chi connectivity index (χ4n) is 1.64. The van der Waals surface area contributed by atoms with Gasteiger partial charge in [-0.1, -0.05) is 32.0 Å². The highest BCUT2D eigenvalue weighted by molar-refractivity contribution is 7.99. The fourth-order valence-corrected chi connectivity index (χ4v) is 2.75. The minimum Gasteiger partial charge on any atom is -0.405 e. The van der Waals surface area contributed by atoms with Crippen molar-refractivity contribution in [1.82, 2.24) is 5.43 Å². The van der Waals surface area contributed by atoms with E-state index in [9.17, 15) is 13.2 Å². The quantitative estimate of drug-likeness (QED) is 0.598. The minimum atomic E-state index is -4.71. The van der Waals surface area contributed by atoms with Crippen LogP contribution in [0.3, 0.4) is 0 Å². The lowest BCUT2D eigenvalue weighted by molar-refractivity contribution is -0.275. The number of hydrazine groups is 1. The molecular formula is C13H19F3N2OS. The van der Waals surface area contributed by atoms with Crippen molar-refractivity contribution >= 4 is 11.8 Å². The van der Waals surface area contributed by atoms with Crippen LogP contribution in [-0.4, -0.2) is 17.9 Å². The highest BCUT2D eigenvalue weighted by Gasteiger charge is 2.32. The number of hydrogen-bond acceptors (Lipinski definition) is 4. The second kappa shape index (κ2) is 7.75. The first-order valence-corrected chi connectivity index (χ1v) is 7.37. The van der Waals surface area contributed by atoms with E-state index in [1.807, 2.05) is 0 Å². The summed E-state index contributed by atoms with van der Waals surface area (Å²) in [5.74, 6) is 7.25. The first-order chi connectivity index (χ1) is 9.33. The average Bonchev–Trinajstić information content (AvgIpc) is 2.33. The number of para-hydroxylation sites is 1. The van der Waals surface area contributed by atoms with E-state index in [1.165, 1.54) is 12.1 Å². The molecule has 1 atom stereocenters. The van der Waals surface area contributed by atoms with Crippen LogP contribution >= 0.6 is 11.8 Å². The zero-order chi connectivity index (χ0) is 15.2. The summed E-state index contributed by atoms with van der Waals surface area (Å²) >= 11 is 1.64. The molecule has 20 heavy (non-hydrogen) atoms. The third-order valence-corrected chi connectivity index (χ3v) is 3.93. The van der Waals surface area contributed by atoms with Gasteiger partial charge in [-0.05, 0) is 17.7 Å². The summed E-state index contributed by atoms with van der Waals surface area (Å²) in [5.41, 5.74) is 2.96. The van der Waals surface area contributed by atoms with Crippen LogP contribution in [0, 0.1) is 5.92 Å². The van der Waals surface area contributed by atoms with Crippen molar-refractivity contribution in [2.75, 3.05) is 11.5 Å². The molecule has 0 heterocycles. The number of ether oxygens (including phenoxy) is 1. The summed E-state index contributed by atoms with van der Waals surface area (Å²) in [6.45, 7) is 4.16. The normalized spacial score (nSPS) is 13.6. The van der Waals surface area contributed by atoms with Gasteiger partial charge in [0.1, 0.15) is 5.75 Å². The Bertz CT molecular complexity index is 413. The Balaban J connectivity index is 2.80. The van der Waals surface area contributed by atoms with Crippen LogP contribution in [0.4, 0.5) is 13.2 Å². The maximum atomic E-state index is 12.4. The number of alkyl halides is 3. The first-order valence-electron chi connectivity index (χ1n) is 6.22. The van der Waals surface area contributed by atoms with E-state index in [2.05, 4.69) is 24.0 Å². The summed E-state index contributed by atoms with van der Waals surface area (Å²) in [6.07, 6.45) is -4.71. The van der Waals surface area contributed by atoms with E-state index in [0.717, 1.165) is 5.75 Å². The molecule has 7 heteroatoms.